The van der Waals surface area contributed by atoms with E-state index in [1.165, 1.54) is 0 Å². The molecule has 0 aromatic carbocycles. The van der Waals surface area contributed by atoms with Crippen molar-refractivity contribution >= 4 is 0 Å². The fourth-order valence-electron chi connectivity index (χ4n) is 0.240. The van der Waals surface area contributed by atoms with Gasteiger partial charge in [-0.1, -0.05) is 0 Å². The first-order valence-corrected chi connectivity index (χ1v) is 3.90. The van der Waals surface area contributed by atoms with Gasteiger partial charge < -0.3 is 30.9 Å². The Hall–Kier alpha value is -2.52. The first-order chi connectivity index (χ1) is 8.50. The van der Waals surface area contributed by atoms with Crippen LogP contribution in [-0.4, -0.2) is 65.5 Å². The minimum Gasteiger partial charge on any atom is -0.396 e. The molecule has 0 aromatic heterocycles. The summed E-state index contributed by atoms with van der Waals surface area (Å²) in [6, 6.07) is 0. The molecule has 19 heavy (non-hydrogen) atoms. The lowest BCUT2D eigenvalue weighted by atomic mass is 10.3. The van der Waals surface area contributed by atoms with Crippen LogP contribution in [0.3, 0.4) is 0 Å². The van der Waals surface area contributed by atoms with E-state index in [0.717, 1.165) is 0 Å². The van der Waals surface area contributed by atoms with E-state index in [4.69, 9.17) is 61.3 Å². The van der Waals surface area contributed by atoms with Crippen molar-refractivity contribution in [3.63, 3.8) is 0 Å². The van der Waals surface area contributed by atoms with Crippen molar-refractivity contribution in [3.8, 4) is 0 Å². The van der Waals surface area contributed by atoms with Crippen molar-refractivity contribution in [2.24, 2.45) is 0 Å². The minimum absolute atomic E-state index is 0.0677. The molecule has 0 rings (SSSR count). The van der Waals surface area contributed by atoms with E-state index in [1.807, 2.05) is 0 Å². The van der Waals surface area contributed by atoms with Crippen LogP contribution in [0.4, 0.5) is 0 Å². The zero-order valence-electron chi connectivity index (χ0n) is 9.17. The molecule has 0 heterocycles. The lowest BCUT2D eigenvalue weighted by Gasteiger charge is -2.00. The Kier molecular flexibility index (Phi) is 27.8. The quantitative estimate of drug-likeness (QED) is 0.237. The van der Waals surface area contributed by atoms with E-state index in [1.54, 1.807) is 0 Å². The molecule has 0 amide bonds. The highest BCUT2D eigenvalue weighted by molar-refractivity contribution is 4.48. The zero-order valence-corrected chi connectivity index (χ0v) is 9.17. The second kappa shape index (κ2) is 20.8. The number of nitrogens with zero attached hydrogens (tertiary/aromatic N) is 3. The van der Waals surface area contributed by atoms with Gasteiger partial charge in [0, 0.05) is 6.61 Å². The Morgan fingerprint density at radius 1 is 0.842 bits per heavy atom. The van der Waals surface area contributed by atoms with Crippen LogP contribution < -0.4 is 0 Å². The lowest BCUT2D eigenvalue weighted by Crippen LogP contribution is -2.12. The fraction of sp³-hybridized carbons (Fsp3) is 1.00. The zero-order chi connectivity index (χ0) is 16.4. The van der Waals surface area contributed by atoms with E-state index < -0.39 is 21.4 Å². The molecule has 15 heteroatoms. The average molecular weight is 295 g/mol. The Balaban J connectivity index is -0.0000000825. The van der Waals surface area contributed by atoms with Gasteiger partial charge in [-0.05, 0) is 6.42 Å². The highest BCUT2D eigenvalue weighted by Crippen LogP contribution is 1.84. The maximum atomic E-state index is 8.45. The van der Waals surface area contributed by atoms with Gasteiger partial charge in [0.25, 0.3) is 15.3 Å². The summed E-state index contributed by atoms with van der Waals surface area (Å²) in [7, 11) is 0. The summed E-state index contributed by atoms with van der Waals surface area (Å²) in [5.41, 5.74) is 0. The summed E-state index contributed by atoms with van der Waals surface area (Å²) in [6.45, 7) is -0.331. The van der Waals surface area contributed by atoms with Crippen LogP contribution in [0.5, 0.6) is 0 Å². The predicted octanol–water partition coefficient (Wildman–Crippen LogP) is -2.32. The largest absolute Gasteiger partial charge is 0.396 e. The third-order valence-corrected chi connectivity index (χ3v) is 0.673. The molecule has 0 saturated heterocycles. The van der Waals surface area contributed by atoms with Gasteiger partial charge >= 0.3 is 0 Å². The fourth-order valence-corrected chi connectivity index (χ4v) is 0.240. The molecule has 0 fully saturated rings. The van der Waals surface area contributed by atoms with Crippen LogP contribution >= 0.6 is 0 Å². The number of hydrogen-bond acceptors (Lipinski definition) is 9. The van der Waals surface area contributed by atoms with Crippen LogP contribution in [0.25, 0.3) is 0 Å². The smallest absolute Gasteiger partial charge is 0.291 e. The monoisotopic (exact) mass is 295 g/mol. The van der Waals surface area contributed by atoms with Crippen molar-refractivity contribution in [1.82, 2.24) is 0 Å². The van der Waals surface area contributed by atoms with Gasteiger partial charge in [0.15, 0.2) is 0 Å². The molecule has 0 aliphatic heterocycles. The van der Waals surface area contributed by atoms with Gasteiger partial charge in [0.1, 0.15) is 0 Å². The Morgan fingerprint density at radius 2 is 1.05 bits per heavy atom. The SMILES string of the molecule is O=[N+]([O-])O.O=[N+]([O-])O.O=[N+]([O-])O.OCCC(O)CO. The summed E-state index contributed by atoms with van der Waals surface area (Å²) in [6.07, 6.45) is -0.485. The van der Waals surface area contributed by atoms with E-state index in [2.05, 4.69) is 0 Å². The molecule has 0 bridgehead atoms. The number of rotatable bonds is 3. The minimum atomic E-state index is -1.50. The number of aliphatic hydroxyl groups excluding tert-OH is 3. The summed E-state index contributed by atoms with van der Waals surface area (Å²) in [5.74, 6) is 0. The van der Waals surface area contributed by atoms with E-state index in [9.17, 15) is 0 Å². The highest BCUT2D eigenvalue weighted by atomic mass is 16.9. The van der Waals surface area contributed by atoms with Crippen LogP contribution in [0.2, 0.25) is 0 Å². The third-order valence-electron chi connectivity index (χ3n) is 0.673. The predicted molar refractivity (Wildman–Crippen MR) is 51.1 cm³/mol. The Bertz CT molecular complexity index is 192. The van der Waals surface area contributed by atoms with E-state index in [-0.39, 0.29) is 19.6 Å². The average Bonchev–Trinajstić information content (AvgIpc) is 2.15. The van der Waals surface area contributed by atoms with Crippen molar-refractivity contribution in [3.05, 3.63) is 30.3 Å². The number of hydrogen-bond donors (Lipinski definition) is 6. The van der Waals surface area contributed by atoms with Gasteiger partial charge in [-0.2, -0.15) is 0 Å². The van der Waals surface area contributed by atoms with Crippen LogP contribution in [0.1, 0.15) is 6.42 Å². The first kappa shape index (κ1) is 25.4. The molecule has 0 spiro atoms. The second-order valence-corrected chi connectivity index (χ2v) is 2.06. The topological polar surface area (TPSA) is 251 Å². The number of aliphatic hydroxyl groups is 3. The Labute approximate surface area is 103 Å². The molecule has 15 nitrogen and oxygen atoms in total. The third kappa shape index (κ3) is 457. The van der Waals surface area contributed by atoms with E-state index in [0.29, 0.717) is 0 Å². The Morgan fingerprint density at radius 3 is 1.11 bits per heavy atom. The molecule has 0 radical (unpaired) electrons. The van der Waals surface area contributed by atoms with Gasteiger partial charge in [0.05, 0.1) is 12.7 Å². The molecule has 0 aromatic rings. The molecule has 0 saturated carbocycles. The maximum absolute atomic E-state index is 8.45. The van der Waals surface area contributed by atoms with Crippen molar-refractivity contribution < 1.29 is 46.2 Å². The molecule has 1 unspecified atom stereocenters. The van der Waals surface area contributed by atoms with Crippen molar-refractivity contribution in [2.45, 2.75) is 12.5 Å². The highest BCUT2D eigenvalue weighted by Gasteiger charge is 1.96. The maximum Gasteiger partial charge on any atom is 0.291 e. The molecular weight excluding hydrogens is 282 g/mol. The summed E-state index contributed by atoms with van der Waals surface area (Å²) in [5, 5.41) is 65.6. The summed E-state index contributed by atoms with van der Waals surface area (Å²) >= 11 is 0. The van der Waals surface area contributed by atoms with Crippen molar-refractivity contribution in [2.75, 3.05) is 13.2 Å². The lowest BCUT2D eigenvalue weighted by molar-refractivity contribution is -0.742. The molecular formula is C4H13N3O12. The summed E-state index contributed by atoms with van der Waals surface area (Å²) < 4.78 is 0. The molecule has 0 aliphatic carbocycles. The molecule has 6 N–H and O–H groups in total. The molecule has 1 atom stereocenters. The molecule has 116 valence electrons. The van der Waals surface area contributed by atoms with Crippen LogP contribution in [0.15, 0.2) is 0 Å². The van der Waals surface area contributed by atoms with E-state index >= 15 is 0 Å². The van der Waals surface area contributed by atoms with Gasteiger partial charge in [-0.25, -0.2) is 0 Å². The standard InChI is InChI=1S/C4H10O3.3HNO3/c5-2-1-4(7)3-6;3*2-1(3)4/h4-7H,1-3H2;3*(H,2,3,4). The summed E-state index contributed by atoms with van der Waals surface area (Å²) in [4.78, 5) is 25.1. The first-order valence-electron chi connectivity index (χ1n) is 3.90. The normalized spacial score (nSPS) is 9.00. The second-order valence-electron chi connectivity index (χ2n) is 2.06. The van der Waals surface area contributed by atoms with Gasteiger partial charge in [0.2, 0.25) is 0 Å². The van der Waals surface area contributed by atoms with Gasteiger partial charge in [-0.3, -0.25) is 0 Å². The van der Waals surface area contributed by atoms with Crippen LogP contribution in [0, 0.1) is 30.3 Å². The molecule has 0 aliphatic rings. The van der Waals surface area contributed by atoms with Gasteiger partial charge in [-0.15, -0.1) is 30.3 Å². The van der Waals surface area contributed by atoms with Crippen molar-refractivity contribution in [1.29, 1.82) is 0 Å². The van der Waals surface area contributed by atoms with Crippen LogP contribution in [-0.2, 0) is 0 Å².